The fraction of sp³-hybridized carbons (Fsp3) is 0.545. The van der Waals surface area contributed by atoms with Gasteiger partial charge in [-0.2, -0.15) is 0 Å². The Balaban J connectivity index is 2.26. The number of rotatable bonds is 5. The summed E-state index contributed by atoms with van der Waals surface area (Å²) in [5, 5.41) is 0. The summed E-state index contributed by atoms with van der Waals surface area (Å²) in [6.45, 7) is 8.10. The van der Waals surface area contributed by atoms with E-state index >= 15 is 0 Å². The fourth-order valence-corrected chi connectivity index (χ4v) is 3.43. The molecule has 1 saturated heterocycles. The van der Waals surface area contributed by atoms with Crippen molar-refractivity contribution in [1.82, 2.24) is 9.80 Å². The number of allylic oxidation sites excluding steroid dienone is 1. The molecule has 1 aliphatic heterocycles. The largest absolute Gasteiger partial charge is 0.444 e. The molecule has 1 aromatic carbocycles. The molecule has 1 aliphatic rings. The molecular weight excluding hydrogens is 391 g/mol. The minimum Gasteiger partial charge on any atom is -0.444 e. The predicted octanol–water partition coefficient (Wildman–Crippen LogP) is 4.86. The minimum atomic E-state index is -0.994. The average Bonchev–Trinajstić information content (AvgIpc) is 2.88. The first kappa shape index (κ1) is 23.3. The van der Waals surface area contributed by atoms with Crippen LogP contribution in [0.3, 0.4) is 0 Å². The van der Waals surface area contributed by atoms with E-state index < -0.39 is 36.2 Å². The van der Waals surface area contributed by atoms with Crippen LogP contribution in [0.15, 0.2) is 36.5 Å². The molecule has 2 rings (SSSR count). The van der Waals surface area contributed by atoms with Crippen molar-refractivity contribution in [3.63, 3.8) is 0 Å². The van der Waals surface area contributed by atoms with Gasteiger partial charge in [-0.25, -0.2) is 9.18 Å². The Labute approximate surface area is 178 Å². The van der Waals surface area contributed by atoms with Crippen LogP contribution in [-0.4, -0.2) is 58.9 Å². The Morgan fingerprint density at radius 1 is 1.31 bits per heavy atom. The number of hydrogen-bond donors (Lipinski definition) is 0. The number of benzene rings is 1. The van der Waals surface area contributed by atoms with Crippen LogP contribution in [-0.2, 0) is 9.47 Å². The maximum absolute atomic E-state index is 14.0. The quantitative estimate of drug-likeness (QED) is 0.385. The second-order valence-electron chi connectivity index (χ2n) is 8.82. The molecule has 29 heavy (non-hydrogen) atoms. The van der Waals surface area contributed by atoms with Crippen molar-refractivity contribution >= 4 is 23.2 Å². The lowest BCUT2D eigenvalue weighted by Gasteiger charge is -2.34. The molecule has 1 aromatic rings. The second kappa shape index (κ2) is 8.79. The van der Waals surface area contributed by atoms with Crippen LogP contribution < -0.4 is 0 Å². The zero-order chi connectivity index (χ0) is 22.0. The maximum Gasteiger partial charge on any atom is 0.413 e. The van der Waals surface area contributed by atoms with Crippen molar-refractivity contribution < 1.29 is 18.7 Å². The van der Waals surface area contributed by atoms with Gasteiger partial charge >= 0.3 is 6.09 Å². The SMILES string of the molecule is CN(C)/C=C/C(=S)c1ccc(C2OC(C)(C)N(C(=O)OC(C)(C)C)C2CF)cc1. The summed E-state index contributed by atoms with van der Waals surface area (Å²) in [4.78, 5) is 16.7. The van der Waals surface area contributed by atoms with Gasteiger partial charge < -0.3 is 14.4 Å². The number of ether oxygens (including phenoxy) is 2. The van der Waals surface area contributed by atoms with E-state index in [1.807, 2.05) is 55.5 Å². The maximum atomic E-state index is 14.0. The topological polar surface area (TPSA) is 42.0 Å². The summed E-state index contributed by atoms with van der Waals surface area (Å²) in [6, 6.07) is 6.74. The lowest BCUT2D eigenvalue weighted by molar-refractivity contribution is -0.0797. The number of carbonyl (C=O) groups excluding carboxylic acids is 1. The van der Waals surface area contributed by atoms with Crippen molar-refractivity contribution in [2.24, 2.45) is 0 Å². The fourth-order valence-electron chi connectivity index (χ4n) is 3.24. The van der Waals surface area contributed by atoms with Crippen molar-refractivity contribution in [3.8, 4) is 0 Å². The molecule has 7 heteroatoms. The summed E-state index contributed by atoms with van der Waals surface area (Å²) in [7, 11) is 3.85. The van der Waals surface area contributed by atoms with E-state index in [9.17, 15) is 9.18 Å². The monoisotopic (exact) mass is 422 g/mol. The van der Waals surface area contributed by atoms with Gasteiger partial charge in [0.25, 0.3) is 0 Å². The van der Waals surface area contributed by atoms with Gasteiger partial charge in [0.1, 0.15) is 24.1 Å². The third-order valence-corrected chi connectivity index (χ3v) is 4.84. The number of amides is 1. The highest BCUT2D eigenvalue weighted by atomic mass is 32.1. The molecule has 5 nitrogen and oxygen atoms in total. The van der Waals surface area contributed by atoms with Crippen LogP contribution in [0.25, 0.3) is 0 Å². The molecule has 0 radical (unpaired) electrons. The van der Waals surface area contributed by atoms with E-state index in [4.69, 9.17) is 21.7 Å². The summed E-state index contributed by atoms with van der Waals surface area (Å²) in [5.74, 6) is 0. The third kappa shape index (κ3) is 5.76. The van der Waals surface area contributed by atoms with E-state index in [1.165, 1.54) is 4.90 Å². The molecule has 0 aliphatic carbocycles. The number of hydrogen-bond acceptors (Lipinski definition) is 5. The van der Waals surface area contributed by atoms with Gasteiger partial charge in [0.2, 0.25) is 0 Å². The Kier molecular flexibility index (Phi) is 7.06. The standard InChI is InChI=1S/C22H31FN2O3S/c1-21(2,3)28-20(26)25-17(14-23)19(27-22(25,4)5)16-10-8-15(9-11-16)18(29)12-13-24(6)7/h8-13,17,19H,14H2,1-7H3/b13-12+. The van der Waals surface area contributed by atoms with Crippen LogP contribution in [0, 0.1) is 0 Å². The Hall–Kier alpha value is -1.99. The lowest BCUT2D eigenvalue weighted by atomic mass is 10.0. The number of nitrogens with zero attached hydrogens (tertiary/aromatic N) is 2. The number of alkyl halides is 1. The first-order chi connectivity index (χ1) is 13.4. The van der Waals surface area contributed by atoms with Crippen LogP contribution >= 0.6 is 12.2 Å². The van der Waals surface area contributed by atoms with Crippen molar-refractivity contribution in [3.05, 3.63) is 47.7 Å². The molecule has 0 spiro atoms. The molecule has 2 unspecified atom stereocenters. The smallest absolute Gasteiger partial charge is 0.413 e. The normalized spacial score (nSPS) is 21.4. The van der Waals surface area contributed by atoms with E-state index in [2.05, 4.69) is 0 Å². The Morgan fingerprint density at radius 3 is 2.38 bits per heavy atom. The second-order valence-corrected chi connectivity index (χ2v) is 9.26. The molecular formula is C22H31FN2O3S. The van der Waals surface area contributed by atoms with E-state index in [1.54, 1.807) is 34.6 Å². The van der Waals surface area contributed by atoms with Gasteiger partial charge in [0, 0.05) is 19.0 Å². The molecule has 1 amide bonds. The van der Waals surface area contributed by atoms with E-state index in [0.717, 1.165) is 11.1 Å². The van der Waals surface area contributed by atoms with Gasteiger partial charge in [-0.3, -0.25) is 4.90 Å². The predicted molar refractivity (Wildman–Crippen MR) is 117 cm³/mol. The van der Waals surface area contributed by atoms with Crippen LogP contribution in [0.4, 0.5) is 9.18 Å². The summed E-state index contributed by atoms with van der Waals surface area (Å²) < 4.78 is 25.6. The van der Waals surface area contributed by atoms with Crippen LogP contribution in [0.5, 0.6) is 0 Å². The average molecular weight is 423 g/mol. The van der Waals surface area contributed by atoms with Crippen LogP contribution in [0.1, 0.15) is 51.8 Å². The van der Waals surface area contributed by atoms with Crippen LogP contribution in [0.2, 0.25) is 0 Å². The molecule has 0 aromatic heterocycles. The van der Waals surface area contributed by atoms with Crippen molar-refractivity contribution in [2.75, 3.05) is 20.8 Å². The molecule has 1 fully saturated rings. The van der Waals surface area contributed by atoms with Gasteiger partial charge in [-0.15, -0.1) is 0 Å². The van der Waals surface area contributed by atoms with Crippen molar-refractivity contribution in [1.29, 1.82) is 0 Å². The zero-order valence-electron chi connectivity index (χ0n) is 18.2. The molecule has 1 heterocycles. The number of thiocarbonyl (C=S) groups is 1. The first-order valence-corrected chi connectivity index (χ1v) is 10.0. The van der Waals surface area contributed by atoms with Gasteiger partial charge in [0.05, 0.1) is 6.04 Å². The molecule has 0 N–H and O–H groups in total. The summed E-state index contributed by atoms with van der Waals surface area (Å²) in [5.41, 5.74) is 0.00484. The first-order valence-electron chi connectivity index (χ1n) is 9.61. The van der Waals surface area contributed by atoms with Gasteiger partial charge in [-0.1, -0.05) is 36.5 Å². The molecule has 160 valence electrons. The third-order valence-electron chi connectivity index (χ3n) is 4.47. The summed E-state index contributed by atoms with van der Waals surface area (Å²) in [6.07, 6.45) is 2.56. The number of halogens is 1. The summed E-state index contributed by atoms with van der Waals surface area (Å²) >= 11 is 5.43. The van der Waals surface area contributed by atoms with Gasteiger partial charge in [-0.05, 0) is 58.0 Å². The molecule has 0 saturated carbocycles. The number of carbonyl (C=O) groups is 1. The lowest BCUT2D eigenvalue weighted by Crippen LogP contribution is -2.50. The molecule has 0 bridgehead atoms. The highest BCUT2D eigenvalue weighted by Gasteiger charge is 2.51. The van der Waals surface area contributed by atoms with E-state index in [0.29, 0.717) is 4.86 Å². The van der Waals surface area contributed by atoms with Crippen molar-refractivity contribution in [2.45, 2.75) is 58.1 Å². The van der Waals surface area contributed by atoms with E-state index in [-0.39, 0.29) is 0 Å². The minimum absolute atomic E-state index is 0.584. The molecule has 2 atom stereocenters. The Bertz CT molecular complexity index is 769. The Morgan fingerprint density at radius 2 is 1.90 bits per heavy atom. The highest BCUT2D eigenvalue weighted by Crippen LogP contribution is 2.42. The zero-order valence-corrected chi connectivity index (χ0v) is 19.0. The highest BCUT2D eigenvalue weighted by molar-refractivity contribution is 7.81. The van der Waals surface area contributed by atoms with Gasteiger partial charge in [0.15, 0.2) is 0 Å².